The smallest absolute Gasteiger partial charge is 0.309 e. The molecule has 0 spiro atoms. The number of aryl methyl sites for hydroxylation is 1. The fourth-order valence-electron chi connectivity index (χ4n) is 4.39. The van der Waals surface area contributed by atoms with Gasteiger partial charge >= 0.3 is 5.97 Å². The monoisotopic (exact) mass is 477 g/mol. The summed E-state index contributed by atoms with van der Waals surface area (Å²) in [5.41, 5.74) is -0.581. The zero-order valence-corrected chi connectivity index (χ0v) is 20.9. The van der Waals surface area contributed by atoms with Gasteiger partial charge in [0.05, 0.1) is 41.3 Å². The van der Waals surface area contributed by atoms with E-state index >= 15 is 0 Å². The van der Waals surface area contributed by atoms with Gasteiger partial charge in [-0.25, -0.2) is 4.98 Å². The number of rotatable bonds is 0. The first-order valence-corrected chi connectivity index (χ1v) is 12.6. The summed E-state index contributed by atoms with van der Waals surface area (Å²) in [6.45, 7) is 8.74. The van der Waals surface area contributed by atoms with Crippen LogP contribution in [0.3, 0.4) is 0 Å². The van der Waals surface area contributed by atoms with Crippen molar-refractivity contribution in [3.05, 3.63) is 16.1 Å². The summed E-state index contributed by atoms with van der Waals surface area (Å²) in [4.78, 5) is 30.1. The van der Waals surface area contributed by atoms with Gasteiger partial charge in [-0.15, -0.1) is 11.3 Å². The number of esters is 1. The number of fused-ring (bicyclic) bond motifs is 1. The molecule has 3 heterocycles. The normalized spacial score (nSPS) is 35.7. The van der Waals surface area contributed by atoms with Crippen molar-refractivity contribution in [2.24, 2.45) is 17.3 Å². The number of epoxide rings is 1. The number of nitrogens with zero attached hydrogens (tertiary/aromatic N) is 1. The number of ketones is 1. The van der Waals surface area contributed by atoms with Crippen LogP contribution in [0.5, 0.6) is 0 Å². The third kappa shape index (κ3) is 6.63. The predicted octanol–water partition coefficient (Wildman–Crippen LogP) is 3.04. The Labute approximate surface area is 199 Å². The van der Waals surface area contributed by atoms with Crippen LogP contribution in [0, 0.1) is 36.0 Å². The number of cyclic esters (lactones) is 1. The van der Waals surface area contributed by atoms with E-state index in [9.17, 15) is 19.8 Å². The molecule has 33 heavy (non-hydrogen) atoms. The van der Waals surface area contributed by atoms with Crippen LogP contribution >= 0.6 is 11.3 Å². The largest absolute Gasteiger partial charge is 0.449 e. The van der Waals surface area contributed by atoms with Gasteiger partial charge in [-0.2, -0.15) is 0 Å². The topological polar surface area (TPSA) is 109 Å². The van der Waals surface area contributed by atoms with Crippen LogP contribution in [0.2, 0.25) is 0 Å². The number of thiazole rings is 1. The van der Waals surface area contributed by atoms with E-state index in [1.807, 2.05) is 19.2 Å². The number of hydrogen-bond donors (Lipinski definition) is 2. The summed E-state index contributed by atoms with van der Waals surface area (Å²) in [5.74, 6) is 4.36. The number of ether oxygens (including phenoxy) is 2. The highest BCUT2D eigenvalue weighted by molar-refractivity contribution is 7.09. The zero-order chi connectivity index (χ0) is 24.3. The maximum atomic E-state index is 13.1. The standard InChI is InChI=1S/C25H35NO6S/c1-14-7-6-8-19-20(32-19)11-18(10-9-17-13-33-16(3)26-17)31-22(28)12-21(27)25(4,5)24(30)15(2)23(14)29/h13-15,18-21,23,27,29H,6-8,11-12H2,1-5H3/t14-,15+,18+,19+,20-,21-,23-/m0/s1. The lowest BCUT2D eigenvalue weighted by atomic mass is 9.73. The Bertz CT molecular complexity index is 915. The van der Waals surface area contributed by atoms with Crippen molar-refractivity contribution in [3.8, 4) is 11.8 Å². The summed E-state index contributed by atoms with van der Waals surface area (Å²) in [6, 6.07) is 0. The highest BCUT2D eigenvalue weighted by atomic mass is 32.1. The van der Waals surface area contributed by atoms with Crippen molar-refractivity contribution in [2.45, 2.75) is 97.2 Å². The van der Waals surface area contributed by atoms with E-state index in [1.165, 1.54) is 11.3 Å². The Kier molecular flexibility index (Phi) is 8.33. The number of carbonyl (C=O) groups excluding carboxylic acids is 2. The van der Waals surface area contributed by atoms with Crippen LogP contribution in [0.4, 0.5) is 0 Å². The van der Waals surface area contributed by atoms with E-state index in [0.717, 1.165) is 24.3 Å². The second kappa shape index (κ2) is 10.6. The number of aliphatic hydroxyl groups is 2. The molecule has 8 heteroatoms. The first-order valence-electron chi connectivity index (χ1n) is 11.7. The third-order valence-corrected chi connectivity index (χ3v) is 7.65. The fraction of sp³-hybridized carbons (Fsp3) is 0.720. The van der Waals surface area contributed by atoms with E-state index in [-0.39, 0.29) is 30.3 Å². The summed E-state index contributed by atoms with van der Waals surface area (Å²) in [5, 5.41) is 24.2. The van der Waals surface area contributed by atoms with Crippen LogP contribution in [0.1, 0.15) is 70.5 Å². The fourth-order valence-corrected chi connectivity index (χ4v) is 4.94. The molecule has 2 fully saturated rings. The Balaban J connectivity index is 1.78. The number of aromatic nitrogens is 1. The molecule has 3 rings (SSSR count). The minimum absolute atomic E-state index is 0.0377. The molecular formula is C25H35NO6S. The van der Waals surface area contributed by atoms with E-state index in [0.29, 0.717) is 12.1 Å². The second-order valence-electron chi connectivity index (χ2n) is 9.94. The van der Waals surface area contributed by atoms with Crippen molar-refractivity contribution in [1.82, 2.24) is 4.98 Å². The molecule has 0 saturated carbocycles. The maximum absolute atomic E-state index is 13.1. The molecular weight excluding hydrogens is 442 g/mol. The Morgan fingerprint density at radius 3 is 2.58 bits per heavy atom. The molecule has 7 atom stereocenters. The molecule has 0 aliphatic carbocycles. The molecule has 2 saturated heterocycles. The molecule has 182 valence electrons. The Morgan fingerprint density at radius 2 is 1.91 bits per heavy atom. The predicted molar refractivity (Wildman–Crippen MR) is 124 cm³/mol. The van der Waals surface area contributed by atoms with Gasteiger partial charge in [-0.05, 0) is 31.6 Å². The SMILES string of the molecule is Cc1nc(C#C[C@@H]2C[C@@H]3O[C@@H]3CCC[C@H](C)[C@H](O)[C@@H](C)C(=O)C(C)(C)[C@@H](O)CC(=O)O2)cs1. The molecule has 2 aliphatic rings. The van der Waals surface area contributed by atoms with E-state index in [4.69, 9.17) is 9.47 Å². The lowest BCUT2D eigenvalue weighted by molar-refractivity contribution is -0.153. The number of Topliss-reactive ketones (excluding diaryl/α,β-unsaturated/α-hetero) is 1. The average Bonchev–Trinajstić information content (AvgIpc) is 3.35. The van der Waals surface area contributed by atoms with Gasteiger partial charge in [0.1, 0.15) is 11.5 Å². The lowest BCUT2D eigenvalue weighted by Crippen LogP contribution is -2.45. The highest BCUT2D eigenvalue weighted by Crippen LogP contribution is 2.35. The van der Waals surface area contributed by atoms with Crippen molar-refractivity contribution in [2.75, 3.05) is 0 Å². The second-order valence-corrected chi connectivity index (χ2v) is 11.0. The van der Waals surface area contributed by atoms with Gasteiger partial charge in [0.2, 0.25) is 0 Å². The summed E-state index contributed by atoms with van der Waals surface area (Å²) in [6.07, 6.45) is -0.110. The number of carbonyl (C=O) groups is 2. The first-order chi connectivity index (χ1) is 15.5. The van der Waals surface area contributed by atoms with Crippen LogP contribution < -0.4 is 0 Å². The molecule has 0 aromatic carbocycles. The Morgan fingerprint density at radius 1 is 1.18 bits per heavy atom. The van der Waals surface area contributed by atoms with Gasteiger partial charge in [0.15, 0.2) is 6.10 Å². The quantitative estimate of drug-likeness (QED) is 0.336. The molecule has 1 aromatic rings. The van der Waals surface area contributed by atoms with Gasteiger partial charge in [-0.1, -0.05) is 40.0 Å². The number of aliphatic hydroxyl groups excluding tert-OH is 2. The Hall–Kier alpha value is -1.79. The van der Waals surface area contributed by atoms with Crippen molar-refractivity contribution >= 4 is 23.1 Å². The van der Waals surface area contributed by atoms with Crippen molar-refractivity contribution in [1.29, 1.82) is 0 Å². The summed E-state index contributed by atoms with van der Waals surface area (Å²) < 4.78 is 11.4. The zero-order valence-electron chi connectivity index (χ0n) is 20.0. The minimum atomic E-state index is -1.24. The molecule has 7 nitrogen and oxygen atoms in total. The van der Waals surface area contributed by atoms with Crippen molar-refractivity contribution in [3.63, 3.8) is 0 Å². The molecule has 0 bridgehead atoms. The highest BCUT2D eigenvalue weighted by Gasteiger charge is 2.44. The van der Waals surface area contributed by atoms with Gasteiger partial charge < -0.3 is 19.7 Å². The molecule has 1 aromatic heterocycles. The molecule has 2 aliphatic heterocycles. The minimum Gasteiger partial charge on any atom is -0.449 e. The number of hydrogen-bond acceptors (Lipinski definition) is 8. The molecule has 0 radical (unpaired) electrons. The van der Waals surface area contributed by atoms with Crippen LogP contribution in [0.25, 0.3) is 0 Å². The van der Waals surface area contributed by atoms with Crippen LogP contribution in [0.15, 0.2) is 5.38 Å². The molecule has 2 N–H and O–H groups in total. The summed E-state index contributed by atoms with van der Waals surface area (Å²) >= 11 is 1.50. The van der Waals surface area contributed by atoms with E-state index in [1.54, 1.807) is 20.8 Å². The van der Waals surface area contributed by atoms with Gasteiger partial charge in [0, 0.05) is 17.7 Å². The van der Waals surface area contributed by atoms with Gasteiger partial charge in [0.25, 0.3) is 0 Å². The maximum Gasteiger partial charge on any atom is 0.309 e. The van der Waals surface area contributed by atoms with E-state index in [2.05, 4.69) is 16.8 Å². The van der Waals surface area contributed by atoms with E-state index < -0.39 is 35.6 Å². The van der Waals surface area contributed by atoms with Crippen LogP contribution in [-0.4, -0.2) is 57.5 Å². The molecule has 0 unspecified atom stereocenters. The van der Waals surface area contributed by atoms with Crippen molar-refractivity contribution < 1.29 is 29.3 Å². The third-order valence-electron chi connectivity index (χ3n) is 6.87. The first kappa shape index (κ1) is 25.8. The summed E-state index contributed by atoms with van der Waals surface area (Å²) in [7, 11) is 0. The molecule has 0 amide bonds. The van der Waals surface area contributed by atoms with Gasteiger partial charge in [-0.3, -0.25) is 9.59 Å². The van der Waals surface area contributed by atoms with Crippen LogP contribution in [-0.2, 0) is 19.1 Å². The lowest BCUT2D eigenvalue weighted by Gasteiger charge is -2.34. The average molecular weight is 478 g/mol.